The summed E-state index contributed by atoms with van der Waals surface area (Å²) in [6, 6.07) is 0. The molecule has 0 aromatic heterocycles. The molecule has 0 saturated heterocycles. The lowest BCUT2D eigenvalue weighted by Crippen LogP contribution is -2.46. The van der Waals surface area contributed by atoms with E-state index >= 15 is 0 Å². The van der Waals surface area contributed by atoms with E-state index in [2.05, 4.69) is 55.0 Å². The Morgan fingerprint density at radius 2 is 1.81 bits per heavy atom. The van der Waals surface area contributed by atoms with E-state index in [0.29, 0.717) is 5.41 Å². The van der Waals surface area contributed by atoms with Crippen LogP contribution < -0.4 is 0 Å². The van der Waals surface area contributed by atoms with Gasteiger partial charge in [0.25, 0.3) is 0 Å². The number of hydrogen-bond donors (Lipinski definition) is 0. The van der Waals surface area contributed by atoms with Crippen molar-refractivity contribution in [2.24, 2.45) is 35.0 Å². The number of hydrogen-bond acceptors (Lipinski definition) is 0. The van der Waals surface area contributed by atoms with Gasteiger partial charge in [-0.1, -0.05) is 79.9 Å². The van der Waals surface area contributed by atoms with Crippen LogP contribution in [-0.4, -0.2) is 0 Å². The van der Waals surface area contributed by atoms with E-state index in [9.17, 15) is 0 Å². The fraction of sp³-hybridized carbons (Fsp3) is 0.905. The summed E-state index contributed by atoms with van der Waals surface area (Å²) in [6.45, 7) is 21.3. The van der Waals surface area contributed by atoms with Gasteiger partial charge in [0.1, 0.15) is 0 Å². The van der Waals surface area contributed by atoms with Gasteiger partial charge in [-0.15, -0.1) is 0 Å². The largest absolute Gasteiger partial charge is 0.0993 e. The van der Waals surface area contributed by atoms with Crippen molar-refractivity contribution < 1.29 is 0 Å². The predicted octanol–water partition coefficient (Wildman–Crippen LogP) is 7.10. The van der Waals surface area contributed by atoms with E-state index in [1.54, 1.807) is 0 Å². The van der Waals surface area contributed by atoms with Crippen molar-refractivity contribution >= 4 is 0 Å². The first-order valence-corrected chi connectivity index (χ1v) is 9.46. The molecule has 0 N–H and O–H groups in total. The summed E-state index contributed by atoms with van der Waals surface area (Å²) in [5.74, 6) is 4.35. The zero-order chi connectivity index (χ0) is 16.2. The summed E-state index contributed by atoms with van der Waals surface area (Å²) in [6.07, 6.45) is 7.95. The first-order chi connectivity index (χ1) is 9.77. The molecule has 1 fully saturated rings. The van der Waals surface area contributed by atoms with Crippen molar-refractivity contribution in [1.29, 1.82) is 0 Å². The highest BCUT2D eigenvalue weighted by Crippen LogP contribution is 2.58. The maximum Gasteiger partial charge on any atom is -0.00857 e. The molecule has 0 heterocycles. The van der Waals surface area contributed by atoms with Crippen LogP contribution >= 0.6 is 0 Å². The van der Waals surface area contributed by atoms with Gasteiger partial charge in [-0.2, -0.15) is 0 Å². The van der Waals surface area contributed by atoms with Gasteiger partial charge in [0.05, 0.1) is 0 Å². The first-order valence-electron chi connectivity index (χ1n) is 9.46. The molecule has 1 rings (SSSR count). The van der Waals surface area contributed by atoms with Crippen molar-refractivity contribution in [3.63, 3.8) is 0 Å². The second-order valence-electron chi connectivity index (χ2n) is 8.36. The van der Waals surface area contributed by atoms with Crippen molar-refractivity contribution in [2.45, 2.75) is 87.0 Å². The molecule has 0 nitrogen and oxygen atoms in total. The van der Waals surface area contributed by atoms with Crippen molar-refractivity contribution in [3.05, 3.63) is 12.2 Å². The average molecular weight is 293 g/mol. The van der Waals surface area contributed by atoms with E-state index in [-0.39, 0.29) is 0 Å². The second-order valence-corrected chi connectivity index (χ2v) is 8.36. The van der Waals surface area contributed by atoms with Crippen LogP contribution in [0.25, 0.3) is 0 Å². The molecule has 0 aliphatic heterocycles. The summed E-state index contributed by atoms with van der Waals surface area (Å²) in [5, 5.41) is 0. The van der Waals surface area contributed by atoms with E-state index in [4.69, 9.17) is 0 Å². The molecular formula is C21H40. The summed E-state index contributed by atoms with van der Waals surface area (Å²) in [4.78, 5) is 0. The summed E-state index contributed by atoms with van der Waals surface area (Å²) in [7, 11) is 0. The molecule has 0 bridgehead atoms. The quantitative estimate of drug-likeness (QED) is 0.397. The molecule has 0 amide bonds. The minimum absolute atomic E-state index is 0.439. The Bertz CT molecular complexity index is 329. The van der Waals surface area contributed by atoms with Gasteiger partial charge in [0.2, 0.25) is 0 Å². The molecule has 21 heavy (non-hydrogen) atoms. The van der Waals surface area contributed by atoms with E-state index < -0.39 is 0 Å². The van der Waals surface area contributed by atoms with Gasteiger partial charge in [0, 0.05) is 0 Å². The molecule has 1 saturated carbocycles. The second kappa shape index (κ2) is 7.84. The standard InChI is InChI=1S/C21H40/c1-9-11-18(6)21(8)14-17(5)20(21)13-12-16(4)19(7)15(3)10-2/h15-17,19-20H,6,9-14H2,1-5,7-8H3. The fourth-order valence-corrected chi connectivity index (χ4v) is 4.66. The third-order valence-electron chi connectivity index (χ3n) is 6.98. The van der Waals surface area contributed by atoms with Crippen LogP contribution in [0.15, 0.2) is 12.2 Å². The highest BCUT2D eigenvalue weighted by atomic mass is 14.5. The molecule has 0 spiro atoms. The lowest BCUT2D eigenvalue weighted by Gasteiger charge is -2.54. The van der Waals surface area contributed by atoms with Crippen LogP contribution in [-0.2, 0) is 0 Å². The Kier molecular flexibility index (Phi) is 7.01. The molecular weight excluding hydrogens is 252 g/mol. The van der Waals surface area contributed by atoms with Crippen LogP contribution in [0.2, 0.25) is 0 Å². The van der Waals surface area contributed by atoms with Crippen molar-refractivity contribution in [1.82, 2.24) is 0 Å². The SMILES string of the molecule is C=C(CCC)C1(C)CC(C)C1CCC(C)C(C)C(C)CC. The van der Waals surface area contributed by atoms with Crippen molar-refractivity contribution in [2.75, 3.05) is 0 Å². The van der Waals surface area contributed by atoms with Gasteiger partial charge in [0.15, 0.2) is 0 Å². The Morgan fingerprint density at radius 1 is 1.19 bits per heavy atom. The Hall–Kier alpha value is -0.260. The highest BCUT2D eigenvalue weighted by molar-refractivity contribution is 5.17. The van der Waals surface area contributed by atoms with E-state index in [0.717, 1.165) is 29.6 Å². The lowest BCUT2D eigenvalue weighted by molar-refractivity contribution is 0.00148. The Morgan fingerprint density at radius 3 is 2.29 bits per heavy atom. The normalized spacial score (nSPS) is 33.1. The third-order valence-corrected chi connectivity index (χ3v) is 6.98. The van der Waals surface area contributed by atoms with Crippen LogP contribution in [0, 0.1) is 35.0 Å². The molecule has 0 heteroatoms. The molecule has 0 aromatic rings. The molecule has 6 unspecified atom stereocenters. The summed E-state index contributed by atoms with van der Waals surface area (Å²) in [5.41, 5.74) is 1.96. The van der Waals surface area contributed by atoms with Gasteiger partial charge in [-0.3, -0.25) is 0 Å². The van der Waals surface area contributed by atoms with Gasteiger partial charge in [-0.05, 0) is 54.3 Å². The molecule has 1 aliphatic rings. The van der Waals surface area contributed by atoms with E-state index in [1.807, 2.05) is 0 Å². The van der Waals surface area contributed by atoms with Crippen LogP contribution in [0.1, 0.15) is 87.0 Å². The van der Waals surface area contributed by atoms with E-state index in [1.165, 1.54) is 44.1 Å². The lowest BCUT2D eigenvalue weighted by atomic mass is 9.50. The molecule has 124 valence electrons. The third kappa shape index (κ3) is 4.14. The maximum atomic E-state index is 4.43. The number of allylic oxidation sites excluding steroid dienone is 1. The monoisotopic (exact) mass is 292 g/mol. The van der Waals surface area contributed by atoms with Crippen LogP contribution in [0.3, 0.4) is 0 Å². The zero-order valence-corrected chi connectivity index (χ0v) is 15.8. The summed E-state index contributed by atoms with van der Waals surface area (Å²) >= 11 is 0. The number of rotatable bonds is 9. The van der Waals surface area contributed by atoms with Gasteiger partial charge in [-0.25, -0.2) is 0 Å². The van der Waals surface area contributed by atoms with Gasteiger partial charge >= 0.3 is 0 Å². The zero-order valence-electron chi connectivity index (χ0n) is 15.8. The first kappa shape index (κ1) is 18.8. The van der Waals surface area contributed by atoms with Crippen LogP contribution in [0.5, 0.6) is 0 Å². The predicted molar refractivity (Wildman–Crippen MR) is 96.4 cm³/mol. The molecule has 6 atom stereocenters. The fourth-order valence-electron chi connectivity index (χ4n) is 4.66. The maximum absolute atomic E-state index is 4.43. The minimum Gasteiger partial charge on any atom is -0.0993 e. The smallest absolute Gasteiger partial charge is 0.00857 e. The molecule has 0 aromatic carbocycles. The topological polar surface area (TPSA) is 0 Å². The minimum atomic E-state index is 0.439. The van der Waals surface area contributed by atoms with Gasteiger partial charge < -0.3 is 0 Å². The highest BCUT2D eigenvalue weighted by Gasteiger charge is 2.48. The molecule has 0 radical (unpaired) electrons. The Balaban J connectivity index is 2.55. The molecule has 1 aliphatic carbocycles. The summed E-state index contributed by atoms with van der Waals surface area (Å²) < 4.78 is 0. The van der Waals surface area contributed by atoms with Crippen LogP contribution in [0.4, 0.5) is 0 Å². The average Bonchev–Trinajstić information content (AvgIpc) is 2.45. The van der Waals surface area contributed by atoms with Crippen molar-refractivity contribution in [3.8, 4) is 0 Å². The Labute approximate surface area is 134 Å².